The van der Waals surface area contributed by atoms with E-state index in [0.29, 0.717) is 12.8 Å². The van der Waals surface area contributed by atoms with Gasteiger partial charge >= 0.3 is 5.97 Å². The molecule has 0 saturated carbocycles. The predicted octanol–water partition coefficient (Wildman–Crippen LogP) is -0.678. The lowest BCUT2D eigenvalue weighted by Gasteiger charge is -2.37. The maximum absolute atomic E-state index is 13.6. The number of carbonyl (C=O) groups is 6. The lowest BCUT2D eigenvalue weighted by Crippen LogP contribution is -2.64. The van der Waals surface area contributed by atoms with Crippen LogP contribution >= 0.6 is 0 Å². The van der Waals surface area contributed by atoms with Gasteiger partial charge in [0.25, 0.3) is 0 Å². The highest BCUT2D eigenvalue weighted by Crippen LogP contribution is 2.20. The van der Waals surface area contributed by atoms with Gasteiger partial charge in [-0.15, -0.1) is 0 Å². The van der Waals surface area contributed by atoms with Crippen molar-refractivity contribution in [2.75, 3.05) is 13.2 Å². The average Bonchev–Trinajstić information content (AvgIpc) is 2.93. The molecule has 242 valence electrons. The van der Waals surface area contributed by atoms with Crippen LogP contribution in [0.2, 0.25) is 0 Å². The lowest BCUT2D eigenvalue weighted by atomic mass is 9.92. The summed E-state index contributed by atoms with van der Waals surface area (Å²) >= 11 is 0. The summed E-state index contributed by atoms with van der Waals surface area (Å²) in [4.78, 5) is 78.1. The fourth-order valence-electron chi connectivity index (χ4n) is 4.13. The van der Waals surface area contributed by atoms with Crippen molar-refractivity contribution in [1.82, 2.24) is 20.9 Å². The number of hydrogen-bond acceptors (Lipinski definition) is 9. The lowest BCUT2D eigenvalue weighted by molar-refractivity contribution is -0.156. The minimum atomic E-state index is -1.56. The minimum Gasteiger partial charge on any atom is -0.480 e. The molecular weight excluding hydrogens is 548 g/mol. The van der Waals surface area contributed by atoms with Crippen molar-refractivity contribution >= 4 is 35.5 Å². The van der Waals surface area contributed by atoms with Crippen molar-refractivity contribution in [2.45, 2.75) is 105 Å². The van der Waals surface area contributed by atoms with Crippen LogP contribution < -0.4 is 27.4 Å². The number of nitrogens with one attached hydrogen (secondary N) is 3. The zero-order chi connectivity index (χ0) is 32.9. The van der Waals surface area contributed by atoms with Gasteiger partial charge < -0.3 is 37.6 Å². The molecule has 0 aliphatic carbocycles. The third-order valence-corrected chi connectivity index (χ3v) is 7.31. The van der Waals surface area contributed by atoms with Crippen molar-refractivity contribution in [3.8, 4) is 0 Å². The van der Waals surface area contributed by atoms with E-state index < -0.39 is 84.8 Å². The minimum absolute atomic E-state index is 0.0756. The number of carbonyl (C=O) groups excluding carboxylic acids is 5. The monoisotopic (exact) mass is 600 g/mol. The highest BCUT2D eigenvalue weighted by Gasteiger charge is 2.43. The van der Waals surface area contributed by atoms with Gasteiger partial charge in [-0.05, 0) is 30.1 Å². The van der Waals surface area contributed by atoms with E-state index in [4.69, 9.17) is 16.6 Å². The third-order valence-electron chi connectivity index (χ3n) is 7.31. The molecule has 0 saturated heterocycles. The normalized spacial score (nSPS) is 16.4. The van der Waals surface area contributed by atoms with Crippen molar-refractivity contribution in [1.29, 1.82) is 0 Å². The molecule has 0 unspecified atom stereocenters. The van der Waals surface area contributed by atoms with E-state index in [2.05, 4.69) is 16.0 Å². The van der Waals surface area contributed by atoms with E-state index in [1.165, 1.54) is 0 Å². The van der Waals surface area contributed by atoms with Crippen LogP contribution in [0.25, 0.3) is 0 Å². The van der Waals surface area contributed by atoms with E-state index in [9.17, 15) is 33.9 Å². The summed E-state index contributed by atoms with van der Waals surface area (Å²) in [5.41, 5.74) is 12.4. The molecule has 0 bridgehead atoms. The molecule has 0 aliphatic rings. The second kappa shape index (κ2) is 18.4. The summed E-state index contributed by atoms with van der Waals surface area (Å²) in [6.07, 6.45) is 1.22. The molecule has 14 nitrogen and oxygen atoms in total. The van der Waals surface area contributed by atoms with Gasteiger partial charge in [-0.2, -0.15) is 0 Å². The summed E-state index contributed by atoms with van der Waals surface area (Å²) in [5, 5.41) is 25.9. The second-order valence-corrected chi connectivity index (χ2v) is 11.6. The number of carboxylic acids is 1. The summed E-state index contributed by atoms with van der Waals surface area (Å²) < 4.78 is 0. The van der Waals surface area contributed by atoms with Crippen LogP contribution in [0.5, 0.6) is 0 Å². The van der Waals surface area contributed by atoms with E-state index in [1.54, 1.807) is 41.5 Å². The number of nitrogens with zero attached hydrogens (tertiary/aromatic N) is 1. The molecule has 0 fully saturated rings. The number of aliphatic carboxylic acids is 1. The van der Waals surface area contributed by atoms with Crippen LogP contribution in [-0.2, 0) is 28.8 Å². The average molecular weight is 601 g/mol. The molecule has 0 aromatic heterocycles. The van der Waals surface area contributed by atoms with Crippen LogP contribution in [0.15, 0.2) is 0 Å². The topological polar surface area (TPSA) is 234 Å². The summed E-state index contributed by atoms with van der Waals surface area (Å²) in [7, 11) is 0. The predicted molar refractivity (Wildman–Crippen MR) is 156 cm³/mol. The molecule has 0 spiro atoms. The molecule has 7 atom stereocenters. The summed E-state index contributed by atoms with van der Waals surface area (Å²) in [6, 6.07) is -6.32. The van der Waals surface area contributed by atoms with Gasteiger partial charge in [0.1, 0.15) is 24.7 Å². The Labute approximate surface area is 248 Å². The summed E-state index contributed by atoms with van der Waals surface area (Å²) in [6.45, 7) is 12.4. The summed E-state index contributed by atoms with van der Waals surface area (Å²) in [5.74, 6) is -6.73. The van der Waals surface area contributed by atoms with Crippen molar-refractivity contribution in [2.24, 2.45) is 35.1 Å². The molecule has 0 aromatic rings. The first kappa shape index (κ1) is 38.9. The van der Waals surface area contributed by atoms with Gasteiger partial charge in [0.15, 0.2) is 0 Å². The largest absolute Gasteiger partial charge is 0.480 e. The standard InChI is InChI=1S/C28H52N6O8/c1-9-16(7)21(29)27(41)34(28(42)22(30)17(8)10-2)23(15(5)6)26(40)33-19(13-35)25(39)32-18(11-14(3)4)24(38)31-12-20(36)37/h14-19,21-23,35H,9-13,29-30H2,1-8H3,(H,31,38)(H,32,39)(H,33,40)(H,36,37)/t16-,17-,18-,19-,21-,22-,23-/m0/s1. The first-order valence-electron chi connectivity index (χ1n) is 14.5. The molecule has 42 heavy (non-hydrogen) atoms. The van der Waals surface area contributed by atoms with Crippen LogP contribution in [0.1, 0.15) is 74.7 Å². The number of aliphatic hydroxyl groups excluding tert-OH is 1. The molecular formula is C28H52N6O8. The van der Waals surface area contributed by atoms with Gasteiger partial charge in [0, 0.05) is 0 Å². The fraction of sp³-hybridized carbons (Fsp3) is 0.786. The van der Waals surface area contributed by atoms with Crippen LogP contribution in [-0.4, -0.2) is 94.0 Å². The van der Waals surface area contributed by atoms with Gasteiger partial charge in [0.2, 0.25) is 29.5 Å². The van der Waals surface area contributed by atoms with Gasteiger partial charge in [-0.1, -0.05) is 68.2 Å². The van der Waals surface area contributed by atoms with E-state index in [-0.39, 0.29) is 24.2 Å². The van der Waals surface area contributed by atoms with Gasteiger partial charge in [-0.25, -0.2) is 0 Å². The number of aliphatic hydroxyl groups is 1. The Bertz CT molecular complexity index is 915. The molecule has 0 radical (unpaired) electrons. The molecule has 5 amide bonds. The Hall–Kier alpha value is -3.10. The van der Waals surface area contributed by atoms with E-state index >= 15 is 0 Å². The highest BCUT2D eigenvalue weighted by atomic mass is 16.4. The molecule has 0 aromatic carbocycles. The molecule has 0 heterocycles. The first-order valence-corrected chi connectivity index (χ1v) is 14.5. The second-order valence-electron chi connectivity index (χ2n) is 11.6. The number of nitrogens with two attached hydrogens (primary N) is 2. The van der Waals surface area contributed by atoms with Crippen LogP contribution in [0.3, 0.4) is 0 Å². The van der Waals surface area contributed by atoms with E-state index in [0.717, 1.165) is 4.90 Å². The SMILES string of the molecule is CC[C@H](C)[C@H](N)C(=O)N(C(=O)[C@@H](N)[C@@H](C)CC)[C@H](C(=O)N[C@@H](CO)C(=O)N[C@@H](CC(C)C)C(=O)NCC(=O)O)C(C)C. The van der Waals surface area contributed by atoms with Crippen molar-refractivity contribution in [3.63, 3.8) is 0 Å². The molecule has 14 heteroatoms. The van der Waals surface area contributed by atoms with Crippen molar-refractivity contribution < 1.29 is 39.0 Å². The Balaban J connectivity index is 6.29. The number of amides is 5. The molecule has 0 aliphatic heterocycles. The number of hydrogen-bond donors (Lipinski definition) is 7. The number of imide groups is 1. The fourth-order valence-corrected chi connectivity index (χ4v) is 4.13. The van der Waals surface area contributed by atoms with Gasteiger partial charge in [0.05, 0.1) is 18.7 Å². The first-order chi connectivity index (χ1) is 19.4. The number of carboxylic acid groups (broad SMARTS) is 1. The van der Waals surface area contributed by atoms with Crippen LogP contribution in [0.4, 0.5) is 0 Å². The smallest absolute Gasteiger partial charge is 0.322 e. The Morgan fingerprint density at radius 2 is 1.19 bits per heavy atom. The zero-order valence-corrected chi connectivity index (χ0v) is 26.2. The van der Waals surface area contributed by atoms with Gasteiger partial charge in [-0.3, -0.25) is 33.7 Å². The quantitative estimate of drug-likeness (QED) is 0.105. The van der Waals surface area contributed by atoms with E-state index in [1.807, 2.05) is 13.8 Å². The van der Waals surface area contributed by atoms with Crippen molar-refractivity contribution in [3.05, 3.63) is 0 Å². The molecule has 0 rings (SSSR count). The van der Waals surface area contributed by atoms with Crippen LogP contribution in [0, 0.1) is 23.7 Å². The Morgan fingerprint density at radius 3 is 1.55 bits per heavy atom. The highest BCUT2D eigenvalue weighted by molar-refractivity contribution is 6.05. The molecule has 9 N–H and O–H groups in total. The maximum atomic E-state index is 13.6. The Kier molecular flexibility index (Phi) is 17.1. The third kappa shape index (κ3) is 11.6. The Morgan fingerprint density at radius 1 is 0.738 bits per heavy atom. The zero-order valence-electron chi connectivity index (χ0n) is 26.2. The maximum Gasteiger partial charge on any atom is 0.322 e. The number of rotatable bonds is 18.